The third-order valence-electron chi connectivity index (χ3n) is 3.20. The van der Waals surface area contributed by atoms with Gasteiger partial charge in [-0.15, -0.1) is 0 Å². The van der Waals surface area contributed by atoms with E-state index in [0.29, 0.717) is 5.82 Å². The molecular formula is C15H14BrN3. The Kier molecular flexibility index (Phi) is 2.82. The number of nitrogen functional groups attached to an aromatic ring is 1. The first-order chi connectivity index (χ1) is 9.06. The first-order valence-electron chi connectivity index (χ1n) is 6.07. The van der Waals surface area contributed by atoms with Crippen molar-refractivity contribution in [2.45, 2.75) is 13.8 Å². The zero-order chi connectivity index (χ0) is 13.6. The molecule has 96 valence electrons. The van der Waals surface area contributed by atoms with Gasteiger partial charge < -0.3 is 5.73 Å². The van der Waals surface area contributed by atoms with Crippen LogP contribution in [0.3, 0.4) is 0 Å². The summed E-state index contributed by atoms with van der Waals surface area (Å²) in [4.78, 5) is 4.66. The normalized spacial score (nSPS) is 11.1. The maximum atomic E-state index is 6.25. The summed E-state index contributed by atoms with van der Waals surface area (Å²) in [7, 11) is 0. The lowest BCUT2D eigenvalue weighted by Crippen LogP contribution is -1.98. The van der Waals surface area contributed by atoms with E-state index in [1.807, 2.05) is 41.7 Å². The molecule has 4 heteroatoms. The number of anilines is 1. The summed E-state index contributed by atoms with van der Waals surface area (Å²) in [5, 5.41) is 0. The van der Waals surface area contributed by atoms with Crippen LogP contribution in [0.1, 0.15) is 11.3 Å². The Labute approximate surface area is 120 Å². The number of imidazole rings is 1. The van der Waals surface area contributed by atoms with E-state index in [4.69, 9.17) is 5.73 Å². The van der Waals surface area contributed by atoms with Crippen molar-refractivity contribution in [3.05, 3.63) is 52.1 Å². The van der Waals surface area contributed by atoms with Crippen LogP contribution >= 0.6 is 15.9 Å². The van der Waals surface area contributed by atoms with Gasteiger partial charge in [-0.2, -0.15) is 0 Å². The molecule has 2 heterocycles. The van der Waals surface area contributed by atoms with Crippen LogP contribution in [-0.4, -0.2) is 9.38 Å². The highest BCUT2D eigenvalue weighted by Crippen LogP contribution is 2.28. The maximum Gasteiger partial charge on any atom is 0.139 e. The molecule has 1 aromatic carbocycles. The average Bonchev–Trinajstić information content (AvgIpc) is 2.67. The van der Waals surface area contributed by atoms with Crippen molar-refractivity contribution in [3.8, 4) is 11.3 Å². The van der Waals surface area contributed by atoms with Crippen molar-refractivity contribution in [1.29, 1.82) is 0 Å². The van der Waals surface area contributed by atoms with Crippen LogP contribution in [-0.2, 0) is 0 Å². The zero-order valence-electron chi connectivity index (χ0n) is 10.8. The number of hydrogen-bond acceptors (Lipinski definition) is 2. The fraction of sp³-hybridized carbons (Fsp3) is 0.133. The molecule has 0 aliphatic rings. The van der Waals surface area contributed by atoms with Crippen molar-refractivity contribution < 1.29 is 0 Å². The Bertz CT molecular complexity index is 757. The topological polar surface area (TPSA) is 43.3 Å². The Morgan fingerprint density at radius 3 is 2.47 bits per heavy atom. The summed E-state index contributed by atoms with van der Waals surface area (Å²) in [6.07, 6.45) is 0. The molecule has 0 saturated heterocycles. The molecule has 3 nitrogen and oxygen atoms in total. The number of halogens is 1. The molecule has 0 spiro atoms. The van der Waals surface area contributed by atoms with Gasteiger partial charge in [0.1, 0.15) is 17.2 Å². The number of pyridine rings is 1. The lowest BCUT2D eigenvalue weighted by Gasteiger charge is -2.04. The Morgan fingerprint density at radius 1 is 1.11 bits per heavy atom. The second kappa shape index (κ2) is 4.38. The third kappa shape index (κ3) is 2.02. The van der Waals surface area contributed by atoms with E-state index < -0.39 is 0 Å². The van der Waals surface area contributed by atoms with Gasteiger partial charge in [0.25, 0.3) is 0 Å². The first kappa shape index (κ1) is 12.2. The third-order valence-corrected chi connectivity index (χ3v) is 3.73. The highest BCUT2D eigenvalue weighted by atomic mass is 79.9. The highest BCUT2D eigenvalue weighted by Gasteiger charge is 2.12. The molecule has 0 fully saturated rings. The molecule has 0 aliphatic heterocycles. The summed E-state index contributed by atoms with van der Waals surface area (Å²) in [6.45, 7) is 4.11. The predicted molar refractivity (Wildman–Crippen MR) is 82.2 cm³/mol. The molecule has 3 aromatic rings. The minimum atomic E-state index is 0.690. The SMILES string of the molecule is Cc1cc(C)n2c(N)c(-c3ccc(Br)cc3)nc2c1. The molecule has 0 amide bonds. The highest BCUT2D eigenvalue weighted by molar-refractivity contribution is 9.10. The fourth-order valence-corrected chi connectivity index (χ4v) is 2.64. The van der Waals surface area contributed by atoms with Gasteiger partial charge in [-0.05, 0) is 43.7 Å². The predicted octanol–water partition coefficient (Wildman–Crippen LogP) is 3.96. The standard InChI is InChI=1S/C15H14BrN3/c1-9-7-10(2)19-13(8-9)18-14(15(19)17)11-3-5-12(16)6-4-11/h3-8H,17H2,1-2H3. The van der Waals surface area contributed by atoms with Gasteiger partial charge in [0.15, 0.2) is 0 Å². The van der Waals surface area contributed by atoms with Crippen molar-refractivity contribution in [2.75, 3.05) is 5.73 Å². The van der Waals surface area contributed by atoms with Crippen LogP contribution in [0.15, 0.2) is 40.9 Å². The van der Waals surface area contributed by atoms with Gasteiger partial charge in [0.2, 0.25) is 0 Å². The van der Waals surface area contributed by atoms with E-state index in [1.165, 1.54) is 5.56 Å². The fourth-order valence-electron chi connectivity index (χ4n) is 2.38. The average molecular weight is 316 g/mol. The molecule has 0 radical (unpaired) electrons. The number of nitrogens with two attached hydrogens (primary N) is 1. The van der Waals surface area contributed by atoms with Crippen LogP contribution < -0.4 is 5.73 Å². The summed E-state index contributed by atoms with van der Waals surface area (Å²) in [5.74, 6) is 0.690. The van der Waals surface area contributed by atoms with E-state index in [9.17, 15) is 0 Å². The van der Waals surface area contributed by atoms with Gasteiger partial charge in [-0.25, -0.2) is 4.98 Å². The molecule has 0 bridgehead atoms. The Hall–Kier alpha value is -1.81. The second-order valence-electron chi connectivity index (χ2n) is 4.72. The van der Waals surface area contributed by atoms with Gasteiger partial charge in [0.05, 0.1) is 0 Å². The van der Waals surface area contributed by atoms with Crippen LogP contribution in [0, 0.1) is 13.8 Å². The Morgan fingerprint density at radius 2 is 1.79 bits per heavy atom. The van der Waals surface area contributed by atoms with Gasteiger partial charge in [-0.3, -0.25) is 4.40 Å². The summed E-state index contributed by atoms with van der Waals surface area (Å²) in [6, 6.07) is 12.2. The number of rotatable bonds is 1. The van der Waals surface area contributed by atoms with Crippen molar-refractivity contribution in [2.24, 2.45) is 0 Å². The number of nitrogens with zero attached hydrogens (tertiary/aromatic N) is 2. The lowest BCUT2D eigenvalue weighted by molar-refractivity contribution is 1.09. The van der Waals surface area contributed by atoms with E-state index in [-0.39, 0.29) is 0 Å². The minimum absolute atomic E-state index is 0.690. The van der Waals surface area contributed by atoms with Crippen LogP contribution in [0.25, 0.3) is 16.9 Å². The summed E-state index contributed by atoms with van der Waals surface area (Å²) in [5.41, 5.74) is 11.3. The maximum absolute atomic E-state index is 6.25. The summed E-state index contributed by atoms with van der Waals surface area (Å²) >= 11 is 3.44. The largest absolute Gasteiger partial charge is 0.383 e. The second-order valence-corrected chi connectivity index (χ2v) is 5.64. The number of aryl methyl sites for hydroxylation is 2. The van der Waals surface area contributed by atoms with E-state index in [1.54, 1.807) is 0 Å². The van der Waals surface area contributed by atoms with Crippen molar-refractivity contribution in [3.63, 3.8) is 0 Å². The zero-order valence-corrected chi connectivity index (χ0v) is 12.4. The van der Waals surface area contributed by atoms with Gasteiger partial charge >= 0.3 is 0 Å². The number of fused-ring (bicyclic) bond motifs is 1. The summed E-state index contributed by atoms with van der Waals surface area (Å²) < 4.78 is 3.04. The number of aromatic nitrogens is 2. The molecule has 0 saturated carbocycles. The van der Waals surface area contributed by atoms with Crippen LogP contribution in [0.4, 0.5) is 5.82 Å². The molecule has 2 aromatic heterocycles. The molecule has 0 atom stereocenters. The molecular weight excluding hydrogens is 302 g/mol. The lowest BCUT2D eigenvalue weighted by atomic mass is 10.1. The van der Waals surface area contributed by atoms with E-state index >= 15 is 0 Å². The molecule has 0 aliphatic carbocycles. The minimum Gasteiger partial charge on any atom is -0.383 e. The van der Waals surface area contributed by atoms with E-state index in [2.05, 4.69) is 33.9 Å². The first-order valence-corrected chi connectivity index (χ1v) is 6.86. The molecule has 3 rings (SSSR count). The quantitative estimate of drug-likeness (QED) is 0.738. The van der Waals surface area contributed by atoms with Crippen LogP contribution in [0.5, 0.6) is 0 Å². The van der Waals surface area contributed by atoms with Gasteiger partial charge in [0, 0.05) is 15.7 Å². The smallest absolute Gasteiger partial charge is 0.139 e. The number of benzene rings is 1. The molecule has 2 N–H and O–H groups in total. The van der Waals surface area contributed by atoms with Crippen molar-refractivity contribution in [1.82, 2.24) is 9.38 Å². The molecule has 19 heavy (non-hydrogen) atoms. The van der Waals surface area contributed by atoms with Crippen LogP contribution in [0.2, 0.25) is 0 Å². The van der Waals surface area contributed by atoms with E-state index in [0.717, 1.165) is 27.1 Å². The number of hydrogen-bond donors (Lipinski definition) is 1. The molecule has 0 unspecified atom stereocenters. The van der Waals surface area contributed by atoms with Crippen molar-refractivity contribution >= 4 is 27.4 Å². The monoisotopic (exact) mass is 315 g/mol. The van der Waals surface area contributed by atoms with Gasteiger partial charge in [-0.1, -0.05) is 28.1 Å². The Balaban J connectivity index is 2.28.